The van der Waals surface area contributed by atoms with Gasteiger partial charge in [0.05, 0.1) is 24.7 Å². The molecule has 2 aliphatic heterocycles. The second-order valence-corrected chi connectivity index (χ2v) is 17.4. The van der Waals surface area contributed by atoms with E-state index in [1.165, 1.54) is 17.6 Å². The van der Waals surface area contributed by atoms with Gasteiger partial charge in [0.25, 0.3) is 0 Å². The highest BCUT2D eigenvalue weighted by Crippen LogP contribution is 2.42. The summed E-state index contributed by atoms with van der Waals surface area (Å²) in [7, 11) is 1.15. The molecular formula is C38H46ClN8O3P. The molecule has 11 nitrogen and oxygen atoms in total. The van der Waals surface area contributed by atoms with E-state index in [0.29, 0.717) is 39.4 Å². The van der Waals surface area contributed by atoms with E-state index in [1.54, 1.807) is 26.6 Å². The number of rotatable bonds is 10. The Balaban J connectivity index is 1.11. The second-order valence-electron chi connectivity index (χ2n) is 13.8. The molecule has 13 heteroatoms. The Morgan fingerprint density at radius 3 is 2.49 bits per heavy atom. The Kier molecular flexibility index (Phi) is 10.3. The van der Waals surface area contributed by atoms with Crippen molar-refractivity contribution in [3.8, 4) is 16.9 Å². The third-order valence-corrected chi connectivity index (χ3v) is 11.9. The lowest BCUT2D eigenvalue weighted by atomic mass is 9.99. The van der Waals surface area contributed by atoms with Gasteiger partial charge in [-0.2, -0.15) is 4.98 Å². The standard InChI is InChI=1S/C38H46ClN8O3P/c1-6-25-20-31(34(49-3)22-32(25)47-14-12-27(13-15-47)46-18-16-45(2)17-19-46)43-38-40-23-29(39)37(44-38)42-30-11-10-26(21-35(30)51(4,5)48)28-8-7-9-33-36(28)41-24-50-33/h7-11,20-24,27H,6,12-19H2,1-5H3,(H2,40,42,43,44). The molecule has 5 aromatic rings. The number of hydrogen-bond acceptors (Lipinski definition) is 11. The molecule has 0 unspecified atom stereocenters. The van der Waals surface area contributed by atoms with E-state index < -0.39 is 7.14 Å². The van der Waals surface area contributed by atoms with Gasteiger partial charge in [0.15, 0.2) is 17.8 Å². The first-order valence-electron chi connectivity index (χ1n) is 17.6. The number of methoxy groups -OCH3 is 1. The first-order valence-corrected chi connectivity index (χ1v) is 20.6. The number of anilines is 5. The summed E-state index contributed by atoms with van der Waals surface area (Å²) in [5, 5.41) is 7.73. The maximum Gasteiger partial charge on any atom is 0.229 e. The summed E-state index contributed by atoms with van der Waals surface area (Å²) in [5.41, 5.74) is 7.11. The first-order chi connectivity index (χ1) is 24.6. The van der Waals surface area contributed by atoms with E-state index in [9.17, 15) is 4.57 Å². The van der Waals surface area contributed by atoms with Crippen molar-refractivity contribution in [3.05, 3.63) is 71.7 Å². The third kappa shape index (κ3) is 7.58. The number of oxazole rings is 1. The summed E-state index contributed by atoms with van der Waals surface area (Å²) >= 11 is 6.64. The summed E-state index contributed by atoms with van der Waals surface area (Å²) < 4.78 is 25.0. The maximum absolute atomic E-state index is 13.6. The predicted octanol–water partition coefficient (Wildman–Crippen LogP) is 7.46. The van der Waals surface area contributed by atoms with Crippen LogP contribution in [0.15, 0.2) is 65.5 Å². The molecule has 2 aromatic heterocycles. The van der Waals surface area contributed by atoms with E-state index in [-0.39, 0.29) is 0 Å². The van der Waals surface area contributed by atoms with Crippen molar-refractivity contribution in [2.24, 2.45) is 0 Å². The fraction of sp³-hybridized carbons (Fsp3) is 0.395. The molecule has 4 heterocycles. The molecule has 268 valence electrons. The molecule has 0 aliphatic carbocycles. The highest BCUT2D eigenvalue weighted by molar-refractivity contribution is 7.70. The van der Waals surface area contributed by atoms with Crippen LogP contribution in [-0.4, -0.2) is 97.5 Å². The molecule has 2 saturated heterocycles. The predicted molar refractivity (Wildman–Crippen MR) is 209 cm³/mol. The summed E-state index contributed by atoms with van der Waals surface area (Å²) in [5.74, 6) is 1.47. The summed E-state index contributed by atoms with van der Waals surface area (Å²) in [6.45, 7) is 12.3. The number of hydrogen-bond donors (Lipinski definition) is 2. The molecule has 0 radical (unpaired) electrons. The topological polar surface area (TPSA) is 112 Å². The molecule has 3 aromatic carbocycles. The van der Waals surface area contributed by atoms with Gasteiger partial charge < -0.3 is 34.2 Å². The summed E-state index contributed by atoms with van der Waals surface area (Å²) in [4.78, 5) is 21.2. The highest BCUT2D eigenvalue weighted by atomic mass is 35.5. The van der Waals surface area contributed by atoms with Crippen LogP contribution in [0.2, 0.25) is 5.02 Å². The van der Waals surface area contributed by atoms with Crippen LogP contribution in [0.5, 0.6) is 5.75 Å². The molecule has 2 aliphatic rings. The monoisotopic (exact) mass is 728 g/mol. The Hall–Kier alpha value is -4.15. The Labute approximate surface area is 304 Å². The van der Waals surface area contributed by atoms with Crippen LogP contribution >= 0.6 is 18.7 Å². The van der Waals surface area contributed by atoms with Crippen LogP contribution in [0.3, 0.4) is 0 Å². The van der Waals surface area contributed by atoms with E-state index in [4.69, 9.17) is 25.7 Å². The normalized spacial score (nSPS) is 16.5. The fourth-order valence-corrected chi connectivity index (χ4v) is 8.55. The number of para-hydroxylation sites is 1. The molecular weight excluding hydrogens is 683 g/mol. The van der Waals surface area contributed by atoms with Crippen molar-refractivity contribution in [1.29, 1.82) is 0 Å². The van der Waals surface area contributed by atoms with Crippen LogP contribution in [0, 0.1) is 0 Å². The molecule has 2 N–H and O–H groups in total. The van der Waals surface area contributed by atoms with Crippen molar-refractivity contribution in [3.63, 3.8) is 0 Å². The van der Waals surface area contributed by atoms with Crippen LogP contribution in [0.1, 0.15) is 25.3 Å². The van der Waals surface area contributed by atoms with E-state index >= 15 is 0 Å². The molecule has 0 atom stereocenters. The highest BCUT2D eigenvalue weighted by Gasteiger charge is 2.28. The summed E-state index contributed by atoms with van der Waals surface area (Å²) in [6, 6.07) is 16.5. The SMILES string of the molecule is CCc1cc(Nc2ncc(Cl)c(Nc3ccc(-c4cccc5ocnc45)cc3P(C)(C)=O)n2)c(OC)cc1N1CCC(N2CCN(C)CC2)CC1. The van der Waals surface area contributed by atoms with Gasteiger partial charge >= 0.3 is 0 Å². The first kappa shape index (κ1) is 35.3. The molecule has 0 bridgehead atoms. The maximum atomic E-state index is 13.6. The minimum absolute atomic E-state index is 0.335. The molecule has 0 saturated carbocycles. The number of aryl methyl sites for hydroxylation is 1. The lowest BCUT2D eigenvalue weighted by molar-refractivity contribution is 0.0982. The van der Waals surface area contributed by atoms with E-state index in [1.807, 2.05) is 36.4 Å². The van der Waals surface area contributed by atoms with Crippen LogP contribution in [0.4, 0.5) is 28.8 Å². The Morgan fingerprint density at radius 2 is 1.76 bits per heavy atom. The average Bonchev–Trinajstić information content (AvgIpc) is 3.62. The van der Waals surface area contributed by atoms with E-state index in [0.717, 1.165) is 86.6 Å². The van der Waals surface area contributed by atoms with E-state index in [2.05, 4.69) is 61.4 Å². The van der Waals surface area contributed by atoms with Gasteiger partial charge in [0.1, 0.15) is 23.4 Å². The van der Waals surface area contributed by atoms with Crippen molar-refractivity contribution < 1.29 is 13.7 Å². The smallest absolute Gasteiger partial charge is 0.229 e. The number of ether oxygens (including phenoxy) is 1. The van der Waals surface area contributed by atoms with Gasteiger partial charge in [0, 0.05) is 67.9 Å². The quantitative estimate of drug-likeness (QED) is 0.140. The van der Waals surface area contributed by atoms with Crippen LogP contribution in [0.25, 0.3) is 22.2 Å². The lowest BCUT2D eigenvalue weighted by Crippen LogP contribution is -2.52. The number of piperazine rings is 1. The lowest BCUT2D eigenvalue weighted by Gasteiger charge is -2.43. The Morgan fingerprint density at radius 1 is 0.980 bits per heavy atom. The molecule has 2 fully saturated rings. The average molecular weight is 729 g/mol. The third-order valence-electron chi connectivity index (χ3n) is 10.1. The number of halogens is 1. The minimum Gasteiger partial charge on any atom is -0.494 e. The number of nitrogens with zero attached hydrogens (tertiary/aromatic N) is 6. The number of piperidine rings is 1. The van der Waals surface area contributed by atoms with Gasteiger partial charge in [-0.15, -0.1) is 0 Å². The van der Waals surface area contributed by atoms with Gasteiger partial charge in [0.2, 0.25) is 5.95 Å². The van der Waals surface area contributed by atoms with Crippen LogP contribution in [-0.2, 0) is 11.0 Å². The van der Waals surface area contributed by atoms with Gasteiger partial charge in [-0.1, -0.05) is 36.7 Å². The van der Waals surface area contributed by atoms with Gasteiger partial charge in [-0.3, -0.25) is 4.90 Å². The largest absolute Gasteiger partial charge is 0.494 e. The minimum atomic E-state index is -2.75. The fourth-order valence-electron chi connectivity index (χ4n) is 7.25. The molecule has 51 heavy (non-hydrogen) atoms. The number of aromatic nitrogens is 3. The Bertz CT molecular complexity index is 2070. The number of likely N-dealkylation sites (N-methyl/N-ethyl adjacent to an activating group) is 1. The number of fused-ring (bicyclic) bond motifs is 1. The van der Waals surface area contributed by atoms with Crippen molar-refractivity contribution in [2.45, 2.75) is 32.2 Å². The zero-order chi connectivity index (χ0) is 35.7. The zero-order valence-electron chi connectivity index (χ0n) is 29.9. The van der Waals surface area contributed by atoms with Gasteiger partial charge in [-0.25, -0.2) is 9.97 Å². The van der Waals surface area contributed by atoms with Crippen LogP contribution < -0.4 is 25.6 Å². The number of nitrogens with one attached hydrogen (secondary N) is 2. The van der Waals surface area contributed by atoms with Crippen molar-refractivity contribution in [2.75, 3.05) is 82.3 Å². The number of benzene rings is 3. The molecule has 7 rings (SSSR count). The molecule has 0 spiro atoms. The van der Waals surface area contributed by atoms with Gasteiger partial charge in [-0.05, 0) is 75.0 Å². The zero-order valence-corrected chi connectivity index (χ0v) is 31.6. The molecule has 0 amide bonds. The van der Waals surface area contributed by atoms with Crippen molar-refractivity contribution >= 4 is 64.0 Å². The second kappa shape index (κ2) is 14.8. The summed E-state index contributed by atoms with van der Waals surface area (Å²) in [6.07, 6.45) is 6.19. The van der Waals surface area contributed by atoms with Crippen molar-refractivity contribution in [1.82, 2.24) is 24.8 Å².